The molecule has 0 aromatic rings. The van der Waals surface area contributed by atoms with Crippen molar-refractivity contribution in [3.05, 3.63) is 23.8 Å². The van der Waals surface area contributed by atoms with E-state index >= 15 is 0 Å². The quantitative estimate of drug-likeness (QED) is 0.388. The molecule has 2 saturated carbocycles. The van der Waals surface area contributed by atoms with E-state index in [1.54, 1.807) is 0 Å². The largest absolute Gasteiger partial charge is 0.392 e. The van der Waals surface area contributed by atoms with Gasteiger partial charge in [-0.3, -0.25) is 4.79 Å². The van der Waals surface area contributed by atoms with Crippen molar-refractivity contribution >= 4 is 5.91 Å². The summed E-state index contributed by atoms with van der Waals surface area (Å²) < 4.78 is 0. The van der Waals surface area contributed by atoms with Crippen molar-refractivity contribution < 1.29 is 15.0 Å². The van der Waals surface area contributed by atoms with Crippen molar-refractivity contribution in [2.24, 2.45) is 17.8 Å². The summed E-state index contributed by atoms with van der Waals surface area (Å²) in [4.78, 5) is 14.3. The molecule has 0 unspecified atom stereocenters. The predicted octanol–water partition coefficient (Wildman–Crippen LogP) is 5.00. The third kappa shape index (κ3) is 6.68. The molecule has 0 aromatic heterocycles. The average molecular weight is 418 g/mol. The molecule has 1 amide bonds. The zero-order valence-electron chi connectivity index (χ0n) is 19.0. The lowest BCUT2D eigenvalue weighted by Crippen LogP contribution is -2.35. The highest BCUT2D eigenvalue weighted by Gasteiger charge is 2.44. The number of likely N-dealkylation sites (tertiary alicyclic amines) is 1. The molecule has 30 heavy (non-hydrogen) atoms. The van der Waals surface area contributed by atoms with Crippen LogP contribution in [-0.4, -0.2) is 46.3 Å². The molecule has 0 spiro atoms. The number of amides is 1. The zero-order valence-corrected chi connectivity index (χ0v) is 19.0. The molecule has 4 nitrogen and oxygen atoms in total. The van der Waals surface area contributed by atoms with Gasteiger partial charge in [0.15, 0.2) is 0 Å². The molecular formula is C26H43NO3. The monoisotopic (exact) mass is 417 g/mol. The number of unbranched alkanes of at least 4 members (excludes halogenated alkanes) is 3. The van der Waals surface area contributed by atoms with Gasteiger partial charge in [0.1, 0.15) is 0 Å². The van der Waals surface area contributed by atoms with E-state index in [-0.39, 0.29) is 18.1 Å². The zero-order chi connectivity index (χ0) is 21.3. The van der Waals surface area contributed by atoms with Gasteiger partial charge in [0.2, 0.25) is 5.91 Å². The first-order chi connectivity index (χ1) is 14.6. The van der Waals surface area contributed by atoms with Crippen LogP contribution in [0.1, 0.15) is 90.4 Å². The third-order valence-corrected chi connectivity index (χ3v) is 7.51. The Kier molecular flexibility index (Phi) is 9.45. The Morgan fingerprint density at radius 2 is 1.97 bits per heavy atom. The van der Waals surface area contributed by atoms with Gasteiger partial charge < -0.3 is 15.1 Å². The van der Waals surface area contributed by atoms with Crippen molar-refractivity contribution in [1.82, 2.24) is 4.90 Å². The standard InChI is InChI=1S/C26H43NO3/c1-2-3-5-11-22(28)13-14-23-24-18-20(17-21(24)19-25(23)29)10-6-7-12-26(30)27-15-8-4-9-16-27/h10,13-14,21-25,28-29H,2-9,11-12,15-19H2,1H3/t21-,22-,23+,24-,25+/m0/s1. The van der Waals surface area contributed by atoms with Crippen LogP contribution in [0, 0.1) is 17.8 Å². The van der Waals surface area contributed by atoms with Crippen molar-refractivity contribution in [2.75, 3.05) is 13.1 Å². The number of carbonyl (C=O) groups is 1. The molecule has 0 radical (unpaired) electrons. The number of piperidine rings is 1. The summed E-state index contributed by atoms with van der Waals surface area (Å²) >= 11 is 0. The number of aliphatic hydroxyl groups is 2. The molecule has 4 heteroatoms. The smallest absolute Gasteiger partial charge is 0.222 e. The molecule has 5 atom stereocenters. The highest BCUT2D eigenvalue weighted by molar-refractivity contribution is 5.76. The summed E-state index contributed by atoms with van der Waals surface area (Å²) in [6, 6.07) is 0. The molecule has 2 N–H and O–H groups in total. The number of carbonyl (C=O) groups excluding carboxylic acids is 1. The van der Waals surface area contributed by atoms with Crippen molar-refractivity contribution in [3.63, 3.8) is 0 Å². The maximum absolute atomic E-state index is 12.3. The molecule has 0 aromatic carbocycles. The summed E-state index contributed by atoms with van der Waals surface area (Å²) in [5, 5.41) is 20.7. The lowest BCUT2D eigenvalue weighted by Gasteiger charge is -2.26. The van der Waals surface area contributed by atoms with Gasteiger partial charge in [0.25, 0.3) is 0 Å². The van der Waals surface area contributed by atoms with Crippen LogP contribution in [0.25, 0.3) is 0 Å². The summed E-state index contributed by atoms with van der Waals surface area (Å²) in [5.74, 6) is 1.61. The Morgan fingerprint density at radius 3 is 2.73 bits per heavy atom. The van der Waals surface area contributed by atoms with Crippen LogP contribution in [0.3, 0.4) is 0 Å². The van der Waals surface area contributed by atoms with Gasteiger partial charge in [-0.2, -0.15) is 0 Å². The lowest BCUT2D eigenvalue weighted by atomic mass is 9.90. The molecule has 3 aliphatic rings. The van der Waals surface area contributed by atoms with Crippen LogP contribution in [0.4, 0.5) is 0 Å². The van der Waals surface area contributed by atoms with Gasteiger partial charge in [0.05, 0.1) is 12.2 Å². The molecular weight excluding hydrogens is 374 g/mol. The van der Waals surface area contributed by atoms with E-state index in [9.17, 15) is 15.0 Å². The summed E-state index contributed by atoms with van der Waals surface area (Å²) in [6.07, 6.45) is 19.3. The van der Waals surface area contributed by atoms with Crippen LogP contribution >= 0.6 is 0 Å². The Balaban J connectivity index is 1.41. The molecule has 1 saturated heterocycles. The number of hydrogen-bond acceptors (Lipinski definition) is 3. The normalized spacial score (nSPS) is 31.6. The minimum atomic E-state index is -0.378. The fourth-order valence-corrected chi connectivity index (χ4v) is 5.76. The van der Waals surface area contributed by atoms with Crippen molar-refractivity contribution in [3.8, 4) is 0 Å². The molecule has 1 heterocycles. The maximum atomic E-state index is 12.3. The van der Waals surface area contributed by atoms with E-state index in [1.165, 1.54) is 24.8 Å². The van der Waals surface area contributed by atoms with Crippen LogP contribution in [0.2, 0.25) is 0 Å². The van der Waals surface area contributed by atoms with E-state index < -0.39 is 0 Å². The number of nitrogens with zero attached hydrogens (tertiary/aromatic N) is 1. The van der Waals surface area contributed by atoms with Crippen LogP contribution in [0.15, 0.2) is 23.8 Å². The third-order valence-electron chi connectivity index (χ3n) is 7.51. The lowest BCUT2D eigenvalue weighted by molar-refractivity contribution is -0.132. The minimum absolute atomic E-state index is 0.183. The summed E-state index contributed by atoms with van der Waals surface area (Å²) in [5.41, 5.74) is 1.52. The predicted molar refractivity (Wildman–Crippen MR) is 122 cm³/mol. The SMILES string of the molecule is CCCCC[C@H](O)C=C[C@@H]1[C@H]2CC(=CCCCC(=O)N3CCCCC3)C[C@H]2C[C@H]1O. The first-order valence-electron chi connectivity index (χ1n) is 12.6. The molecule has 3 rings (SSSR count). The molecule has 3 fully saturated rings. The Morgan fingerprint density at radius 1 is 1.17 bits per heavy atom. The number of allylic oxidation sites excluding steroid dienone is 2. The van der Waals surface area contributed by atoms with Crippen LogP contribution < -0.4 is 0 Å². The van der Waals surface area contributed by atoms with Gasteiger partial charge in [-0.15, -0.1) is 0 Å². The maximum Gasteiger partial charge on any atom is 0.222 e. The summed E-state index contributed by atoms with van der Waals surface area (Å²) in [6.45, 7) is 4.08. The van der Waals surface area contributed by atoms with Gasteiger partial charge in [-0.25, -0.2) is 0 Å². The van der Waals surface area contributed by atoms with E-state index in [0.717, 1.165) is 70.9 Å². The minimum Gasteiger partial charge on any atom is -0.392 e. The summed E-state index contributed by atoms with van der Waals surface area (Å²) in [7, 11) is 0. The van der Waals surface area contributed by atoms with Gasteiger partial charge >= 0.3 is 0 Å². The first-order valence-corrected chi connectivity index (χ1v) is 12.6. The van der Waals surface area contributed by atoms with Crippen LogP contribution in [-0.2, 0) is 4.79 Å². The first kappa shape index (κ1) is 23.5. The highest BCUT2D eigenvalue weighted by Crippen LogP contribution is 2.50. The Hall–Kier alpha value is -1.13. The Labute approximate surface area is 183 Å². The van der Waals surface area contributed by atoms with Gasteiger partial charge in [-0.05, 0) is 69.6 Å². The number of fused-ring (bicyclic) bond motifs is 1. The second-order valence-electron chi connectivity index (χ2n) is 9.86. The van der Waals surface area contributed by atoms with E-state index in [4.69, 9.17) is 0 Å². The van der Waals surface area contributed by atoms with E-state index in [0.29, 0.717) is 24.2 Å². The van der Waals surface area contributed by atoms with Crippen LogP contribution in [0.5, 0.6) is 0 Å². The molecule has 1 aliphatic heterocycles. The number of aliphatic hydroxyl groups excluding tert-OH is 2. The second kappa shape index (κ2) is 12.0. The Bertz CT molecular complexity index is 593. The van der Waals surface area contributed by atoms with E-state index in [1.807, 2.05) is 11.0 Å². The van der Waals surface area contributed by atoms with Crippen molar-refractivity contribution in [1.29, 1.82) is 0 Å². The molecule has 170 valence electrons. The van der Waals surface area contributed by atoms with Gasteiger partial charge in [0, 0.05) is 25.4 Å². The fraction of sp³-hybridized carbons (Fsp3) is 0.808. The van der Waals surface area contributed by atoms with Crippen molar-refractivity contribution in [2.45, 2.75) is 103 Å². The fourth-order valence-electron chi connectivity index (χ4n) is 5.76. The molecule has 0 bridgehead atoms. The van der Waals surface area contributed by atoms with E-state index in [2.05, 4.69) is 19.1 Å². The molecule has 2 aliphatic carbocycles. The van der Waals surface area contributed by atoms with Gasteiger partial charge in [-0.1, -0.05) is 50.0 Å². The number of rotatable bonds is 10. The average Bonchev–Trinajstić information content (AvgIpc) is 3.26. The highest BCUT2D eigenvalue weighted by atomic mass is 16.3. The second-order valence-corrected chi connectivity index (χ2v) is 9.86. The number of hydrogen-bond donors (Lipinski definition) is 2. The topological polar surface area (TPSA) is 60.8 Å².